The van der Waals surface area contributed by atoms with E-state index < -0.39 is 0 Å². The van der Waals surface area contributed by atoms with E-state index in [4.69, 9.17) is 4.52 Å². The molecule has 0 spiro atoms. The van der Waals surface area contributed by atoms with Crippen molar-refractivity contribution in [2.45, 2.75) is 32.3 Å². The average Bonchev–Trinajstić information content (AvgIpc) is 3.33. The van der Waals surface area contributed by atoms with Crippen LogP contribution in [0.1, 0.15) is 28.3 Å². The van der Waals surface area contributed by atoms with E-state index in [0.29, 0.717) is 17.4 Å². The molecule has 0 saturated carbocycles. The molecule has 2 aromatic heterocycles. The Morgan fingerprint density at radius 3 is 2.61 bits per heavy atom. The van der Waals surface area contributed by atoms with Crippen LogP contribution < -0.4 is 5.32 Å². The molecule has 1 amide bonds. The first-order valence-corrected chi connectivity index (χ1v) is 10.8. The van der Waals surface area contributed by atoms with Gasteiger partial charge in [0.25, 0.3) is 0 Å². The Bertz CT molecular complexity index is 1200. The van der Waals surface area contributed by atoms with Gasteiger partial charge >= 0.3 is 6.01 Å². The van der Waals surface area contributed by atoms with Crippen molar-refractivity contribution in [2.75, 3.05) is 11.1 Å². The lowest BCUT2D eigenvalue weighted by Gasteiger charge is -2.13. The smallest absolute Gasteiger partial charge is 0.315 e. The highest BCUT2D eigenvalue weighted by atomic mass is 32.2. The highest BCUT2D eigenvalue weighted by Crippen LogP contribution is 2.26. The Morgan fingerprint density at radius 1 is 1.10 bits per heavy atom. The maximum absolute atomic E-state index is 12.3. The first kappa shape index (κ1) is 20.8. The largest absolute Gasteiger partial charge is 0.328 e. The Kier molecular flexibility index (Phi) is 6.13. The number of hydrogen-bond donors (Lipinski definition) is 1. The van der Waals surface area contributed by atoms with E-state index in [-0.39, 0.29) is 17.7 Å². The molecule has 0 unspecified atom stereocenters. The van der Waals surface area contributed by atoms with Crippen LogP contribution in [0.2, 0.25) is 0 Å². The molecular formula is C22H22N6O2S. The minimum Gasteiger partial charge on any atom is -0.315 e. The summed E-state index contributed by atoms with van der Waals surface area (Å²) in [6.07, 6.45) is 0.634. The second kappa shape index (κ2) is 9.13. The quantitative estimate of drug-likeness (QED) is 0.441. The van der Waals surface area contributed by atoms with Crippen molar-refractivity contribution in [3.8, 4) is 5.69 Å². The van der Waals surface area contributed by atoms with Gasteiger partial charge in [0, 0.05) is 6.42 Å². The van der Waals surface area contributed by atoms with Crippen molar-refractivity contribution in [1.29, 1.82) is 0 Å². The van der Waals surface area contributed by atoms with Crippen LogP contribution in [0.3, 0.4) is 0 Å². The van der Waals surface area contributed by atoms with E-state index in [1.54, 1.807) is 6.92 Å². The molecule has 31 heavy (non-hydrogen) atoms. The molecule has 2 aromatic carbocycles. The number of aromatic nitrogens is 5. The highest BCUT2D eigenvalue weighted by Gasteiger charge is 2.18. The third-order valence-electron chi connectivity index (χ3n) is 4.60. The predicted octanol–water partition coefficient (Wildman–Crippen LogP) is 3.90. The van der Waals surface area contributed by atoms with Crippen LogP contribution in [-0.4, -0.2) is 36.6 Å². The molecule has 0 saturated heterocycles. The van der Waals surface area contributed by atoms with Crippen molar-refractivity contribution in [2.24, 2.45) is 0 Å². The number of amides is 1. The SMILES string of the molecule is Cc1ccc(-n2c(Cc3ccccc3)nnc2SCC(=O)Nc2nc(C)no2)c(C)c1. The van der Waals surface area contributed by atoms with Gasteiger partial charge in [-0.3, -0.25) is 14.7 Å². The van der Waals surface area contributed by atoms with Crippen LogP contribution in [0.5, 0.6) is 0 Å². The van der Waals surface area contributed by atoms with Crippen LogP contribution in [0.4, 0.5) is 6.01 Å². The number of carbonyl (C=O) groups is 1. The molecule has 0 bridgehead atoms. The van der Waals surface area contributed by atoms with Gasteiger partial charge < -0.3 is 4.52 Å². The normalized spacial score (nSPS) is 10.9. The molecule has 4 rings (SSSR count). The molecule has 158 valence electrons. The minimum atomic E-state index is -0.256. The number of benzene rings is 2. The van der Waals surface area contributed by atoms with Crippen molar-refractivity contribution in [3.05, 3.63) is 76.9 Å². The zero-order valence-electron chi connectivity index (χ0n) is 17.5. The number of thioether (sulfide) groups is 1. The molecule has 1 N–H and O–H groups in total. The Balaban J connectivity index is 1.60. The average molecular weight is 435 g/mol. The number of rotatable bonds is 7. The summed E-state index contributed by atoms with van der Waals surface area (Å²) < 4.78 is 6.97. The molecule has 8 nitrogen and oxygen atoms in total. The van der Waals surface area contributed by atoms with E-state index >= 15 is 0 Å². The van der Waals surface area contributed by atoms with Crippen LogP contribution in [0.25, 0.3) is 5.69 Å². The van der Waals surface area contributed by atoms with E-state index in [1.807, 2.05) is 22.8 Å². The van der Waals surface area contributed by atoms with Crippen molar-refractivity contribution < 1.29 is 9.32 Å². The molecule has 0 atom stereocenters. The molecule has 0 aliphatic carbocycles. The van der Waals surface area contributed by atoms with Crippen molar-refractivity contribution in [1.82, 2.24) is 24.9 Å². The highest BCUT2D eigenvalue weighted by molar-refractivity contribution is 7.99. The van der Waals surface area contributed by atoms with Gasteiger partial charge in [0.1, 0.15) is 5.82 Å². The lowest BCUT2D eigenvalue weighted by molar-refractivity contribution is -0.114. The second-order valence-electron chi connectivity index (χ2n) is 7.17. The first-order valence-electron chi connectivity index (χ1n) is 9.78. The summed E-state index contributed by atoms with van der Waals surface area (Å²) >= 11 is 1.31. The van der Waals surface area contributed by atoms with Gasteiger partial charge in [-0.2, -0.15) is 4.98 Å². The summed E-state index contributed by atoms with van der Waals surface area (Å²) in [4.78, 5) is 16.3. The monoisotopic (exact) mass is 434 g/mol. The van der Waals surface area contributed by atoms with Gasteiger partial charge in [-0.05, 0) is 38.0 Å². The molecule has 0 fully saturated rings. The summed E-state index contributed by atoms with van der Waals surface area (Å²) in [6.45, 7) is 5.81. The number of carbonyl (C=O) groups excluding carboxylic acids is 1. The van der Waals surface area contributed by atoms with Crippen LogP contribution >= 0.6 is 11.8 Å². The van der Waals surface area contributed by atoms with Crippen molar-refractivity contribution >= 4 is 23.7 Å². The number of nitrogens with zero attached hydrogens (tertiary/aromatic N) is 5. The van der Waals surface area contributed by atoms with Gasteiger partial charge in [0.15, 0.2) is 11.0 Å². The summed E-state index contributed by atoms with van der Waals surface area (Å²) in [5, 5.41) is 15.7. The zero-order valence-corrected chi connectivity index (χ0v) is 18.3. The molecule has 2 heterocycles. The number of aryl methyl sites for hydroxylation is 3. The third kappa shape index (κ3) is 5.00. The van der Waals surface area contributed by atoms with E-state index in [0.717, 1.165) is 22.6 Å². The Labute approximate surface area is 184 Å². The summed E-state index contributed by atoms with van der Waals surface area (Å²) in [6, 6.07) is 16.5. The van der Waals surface area contributed by atoms with Gasteiger partial charge in [0.2, 0.25) is 5.91 Å². The second-order valence-corrected chi connectivity index (χ2v) is 8.11. The van der Waals surface area contributed by atoms with E-state index in [2.05, 4.69) is 69.8 Å². The number of hydrogen-bond acceptors (Lipinski definition) is 7. The molecule has 4 aromatic rings. The molecule has 9 heteroatoms. The molecule has 0 radical (unpaired) electrons. The third-order valence-corrected chi connectivity index (χ3v) is 5.53. The summed E-state index contributed by atoms with van der Waals surface area (Å²) in [5.74, 6) is 1.15. The number of nitrogens with one attached hydrogen (secondary N) is 1. The van der Waals surface area contributed by atoms with Gasteiger partial charge in [-0.1, -0.05) is 64.9 Å². The van der Waals surface area contributed by atoms with Gasteiger partial charge in [-0.25, -0.2) is 0 Å². The first-order chi connectivity index (χ1) is 15.0. The maximum Gasteiger partial charge on any atom is 0.328 e. The molecule has 0 aliphatic rings. The fourth-order valence-electron chi connectivity index (χ4n) is 3.22. The standard InChI is InChI=1S/C22H22N6O2S/c1-14-9-10-18(15(2)11-14)28-19(12-17-7-5-4-6-8-17)25-26-22(28)31-13-20(29)24-21-23-16(3)27-30-21/h4-11H,12-13H2,1-3H3,(H,23,24,27,29). The van der Waals surface area contributed by atoms with Gasteiger partial charge in [0.05, 0.1) is 11.4 Å². The Morgan fingerprint density at radius 2 is 1.90 bits per heavy atom. The van der Waals surface area contributed by atoms with Crippen LogP contribution in [-0.2, 0) is 11.2 Å². The van der Waals surface area contributed by atoms with E-state index in [1.165, 1.54) is 17.3 Å². The zero-order chi connectivity index (χ0) is 21.8. The lowest BCUT2D eigenvalue weighted by atomic mass is 10.1. The minimum absolute atomic E-state index is 0.0868. The summed E-state index contributed by atoms with van der Waals surface area (Å²) in [7, 11) is 0. The summed E-state index contributed by atoms with van der Waals surface area (Å²) in [5.41, 5.74) is 4.43. The van der Waals surface area contributed by atoms with E-state index in [9.17, 15) is 4.79 Å². The van der Waals surface area contributed by atoms with Crippen molar-refractivity contribution in [3.63, 3.8) is 0 Å². The molecular weight excluding hydrogens is 412 g/mol. The topological polar surface area (TPSA) is 98.7 Å². The van der Waals surface area contributed by atoms with Crippen LogP contribution in [0.15, 0.2) is 58.2 Å². The van der Waals surface area contributed by atoms with Crippen LogP contribution in [0, 0.1) is 20.8 Å². The lowest BCUT2D eigenvalue weighted by Crippen LogP contribution is -2.15. The number of anilines is 1. The fraction of sp³-hybridized carbons (Fsp3) is 0.227. The Hall–Kier alpha value is -3.46. The maximum atomic E-state index is 12.3. The predicted molar refractivity (Wildman–Crippen MR) is 118 cm³/mol. The fourth-order valence-corrected chi connectivity index (χ4v) is 3.98. The molecule has 0 aliphatic heterocycles. The van der Waals surface area contributed by atoms with Gasteiger partial charge in [-0.15, -0.1) is 10.2 Å².